The number of nitrogens with zero attached hydrogens (tertiary/aromatic N) is 1. The first-order valence-corrected chi connectivity index (χ1v) is 8.48. The summed E-state index contributed by atoms with van der Waals surface area (Å²) in [6, 6.07) is 5.41. The van der Waals surface area contributed by atoms with E-state index in [1.807, 2.05) is 12.1 Å². The predicted octanol–water partition coefficient (Wildman–Crippen LogP) is 1.87. The Hall–Kier alpha value is -1.92. The van der Waals surface area contributed by atoms with Gasteiger partial charge in [-0.05, 0) is 24.2 Å². The Morgan fingerprint density at radius 3 is 2.64 bits per heavy atom. The first-order valence-electron chi connectivity index (χ1n) is 6.92. The molecule has 0 radical (unpaired) electrons. The fraction of sp³-hybridized carbons (Fsp3) is 0.312. The lowest BCUT2D eigenvalue weighted by Crippen LogP contribution is -2.19. The molecule has 2 aromatic rings. The molecule has 1 aliphatic rings. The average Bonchev–Trinajstić information content (AvgIpc) is 2.51. The minimum Gasteiger partial charge on any atom is -0.612 e. The molecule has 0 spiro atoms. The summed E-state index contributed by atoms with van der Waals surface area (Å²) < 4.78 is 24.8. The number of hydrogen-bond donors (Lipinski definition) is 0. The fourth-order valence-corrected chi connectivity index (χ4v) is 3.09. The predicted molar refractivity (Wildman–Crippen MR) is 85.2 cm³/mol. The van der Waals surface area contributed by atoms with Crippen molar-refractivity contribution < 1.29 is 14.0 Å². The molecule has 2 heterocycles. The molecule has 0 N–H and O–H groups in total. The number of pyridine rings is 1. The largest absolute Gasteiger partial charge is 0.612 e. The molecule has 0 saturated carbocycles. The Bertz CT molecular complexity index is 756. The van der Waals surface area contributed by atoms with E-state index >= 15 is 0 Å². The molecule has 22 heavy (non-hydrogen) atoms. The third kappa shape index (κ3) is 2.60. The molecule has 1 aromatic heterocycles. The van der Waals surface area contributed by atoms with Crippen LogP contribution in [-0.2, 0) is 18.2 Å². The second kappa shape index (κ2) is 5.70. The summed E-state index contributed by atoms with van der Waals surface area (Å²) in [4.78, 5) is 12.5. The van der Waals surface area contributed by atoms with Crippen molar-refractivity contribution in [1.29, 1.82) is 0 Å². The van der Waals surface area contributed by atoms with Crippen LogP contribution in [0, 0.1) is 6.92 Å². The van der Waals surface area contributed by atoms with Crippen molar-refractivity contribution in [3.63, 3.8) is 0 Å². The van der Waals surface area contributed by atoms with Gasteiger partial charge in [0.15, 0.2) is 16.4 Å². The second-order valence-electron chi connectivity index (χ2n) is 5.28. The summed E-state index contributed by atoms with van der Waals surface area (Å²) in [6.45, 7) is 2.72. The van der Waals surface area contributed by atoms with Gasteiger partial charge in [-0.2, -0.15) is 0 Å². The molecule has 0 fully saturated rings. The van der Waals surface area contributed by atoms with Gasteiger partial charge in [0.1, 0.15) is 19.5 Å². The van der Waals surface area contributed by atoms with Crippen LogP contribution in [0.4, 0.5) is 0 Å². The molecule has 5 nitrogen and oxygen atoms in total. The number of aromatic nitrogens is 1. The molecule has 1 aliphatic heterocycles. The van der Waals surface area contributed by atoms with E-state index in [2.05, 4.69) is 0 Å². The molecular formula is C16H17NO4S. The first kappa shape index (κ1) is 15.0. The molecule has 0 saturated heterocycles. The normalized spacial score (nSPS) is 14.7. The van der Waals surface area contributed by atoms with Gasteiger partial charge >= 0.3 is 0 Å². The summed E-state index contributed by atoms with van der Waals surface area (Å²) in [5.74, 6) is 1.24. The Morgan fingerprint density at radius 1 is 1.23 bits per heavy atom. The zero-order valence-electron chi connectivity index (χ0n) is 12.7. The quantitative estimate of drug-likeness (QED) is 0.793. The lowest BCUT2D eigenvalue weighted by atomic mass is 10.0. The standard InChI is InChI=1S/C16H17NO4S/c1-10-6-11(9-17(2)16(10)18)13-7-12(22(3)19)8-14-15(13)21-5-4-20-14/h6-9H,4-5H2,1-3H3. The van der Waals surface area contributed by atoms with Crippen LogP contribution in [0.25, 0.3) is 11.1 Å². The molecule has 0 amide bonds. The highest BCUT2D eigenvalue weighted by Crippen LogP contribution is 2.42. The van der Waals surface area contributed by atoms with Crippen LogP contribution >= 0.6 is 0 Å². The van der Waals surface area contributed by atoms with Crippen LogP contribution in [0.3, 0.4) is 0 Å². The lowest BCUT2D eigenvalue weighted by molar-refractivity contribution is 0.172. The summed E-state index contributed by atoms with van der Waals surface area (Å²) in [7, 11) is 1.71. The molecule has 1 aromatic carbocycles. The lowest BCUT2D eigenvalue weighted by Gasteiger charge is -2.22. The molecule has 0 bridgehead atoms. The molecule has 6 heteroatoms. The number of ether oxygens (including phenoxy) is 2. The van der Waals surface area contributed by atoms with Gasteiger partial charge in [0, 0.05) is 42.1 Å². The zero-order chi connectivity index (χ0) is 15.9. The van der Waals surface area contributed by atoms with Crippen LogP contribution < -0.4 is 15.0 Å². The molecule has 116 valence electrons. The van der Waals surface area contributed by atoms with Gasteiger partial charge in [-0.25, -0.2) is 0 Å². The van der Waals surface area contributed by atoms with Gasteiger partial charge in [0.05, 0.1) is 0 Å². The van der Waals surface area contributed by atoms with Gasteiger partial charge in [0.2, 0.25) is 0 Å². The Labute approximate surface area is 131 Å². The number of fused-ring (bicyclic) bond motifs is 1. The van der Waals surface area contributed by atoms with Crippen molar-refractivity contribution in [2.45, 2.75) is 11.8 Å². The van der Waals surface area contributed by atoms with Crippen molar-refractivity contribution in [2.24, 2.45) is 7.05 Å². The number of benzene rings is 1. The van der Waals surface area contributed by atoms with E-state index in [0.717, 1.165) is 11.1 Å². The van der Waals surface area contributed by atoms with E-state index in [4.69, 9.17) is 9.47 Å². The minimum atomic E-state index is -1.13. The smallest absolute Gasteiger partial charge is 0.253 e. The van der Waals surface area contributed by atoms with E-state index in [0.29, 0.717) is 35.2 Å². The highest BCUT2D eigenvalue weighted by molar-refractivity contribution is 7.90. The van der Waals surface area contributed by atoms with Gasteiger partial charge in [-0.15, -0.1) is 0 Å². The highest BCUT2D eigenvalue weighted by Gasteiger charge is 2.22. The average molecular weight is 319 g/mol. The van der Waals surface area contributed by atoms with Crippen LogP contribution in [0.1, 0.15) is 5.56 Å². The Balaban J connectivity index is 2.25. The number of rotatable bonds is 2. The van der Waals surface area contributed by atoms with Gasteiger partial charge in [-0.3, -0.25) is 4.79 Å². The molecule has 0 aliphatic carbocycles. The van der Waals surface area contributed by atoms with E-state index < -0.39 is 11.2 Å². The maximum absolute atomic E-state index is 11.9. The summed E-state index contributed by atoms with van der Waals surface area (Å²) in [6.07, 6.45) is 3.38. The van der Waals surface area contributed by atoms with Gasteiger partial charge in [0.25, 0.3) is 5.56 Å². The first-order chi connectivity index (χ1) is 10.5. The molecule has 1 unspecified atom stereocenters. The van der Waals surface area contributed by atoms with Crippen LogP contribution in [0.2, 0.25) is 0 Å². The van der Waals surface area contributed by atoms with Crippen LogP contribution in [0.5, 0.6) is 11.5 Å². The van der Waals surface area contributed by atoms with Gasteiger partial charge in [-0.1, -0.05) is 0 Å². The molecule has 1 atom stereocenters. The maximum atomic E-state index is 11.9. The van der Waals surface area contributed by atoms with Gasteiger partial charge < -0.3 is 18.6 Å². The number of hydrogen-bond acceptors (Lipinski definition) is 4. The van der Waals surface area contributed by atoms with E-state index in [1.54, 1.807) is 32.5 Å². The second-order valence-corrected chi connectivity index (χ2v) is 6.66. The van der Waals surface area contributed by atoms with Crippen molar-refractivity contribution >= 4 is 11.2 Å². The van der Waals surface area contributed by atoms with Crippen molar-refractivity contribution in [2.75, 3.05) is 19.5 Å². The minimum absolute atomic E-state index is 0.0370. The van der Waals surface area contributed by atoms with E-state index in [-0.39, 0.29) is 5.56 Å². The third-order valence-corrected chi connectivity index (χ3v) is 4.52. The monoisotopic (exact) mass is 319 g/mol. The maximum Gasteiger partial charge on any atom is 0.253 e. The summed E-state index contributed by atoms with van der Waals surface area (Å²) in [5.41, 5.74) is 2.24. The fourth-order valence-electron chi connectivity index (χ4n) is 2.53. The zero-order valence-corrected chi connectivity index (χ0v) is 13.5. The number of aryl methyl sites for hydroxylation is 2. The third-order valence-electron chi connectivity index (χ3n) is 3.62. The summed E-state index contributed by atoms with van der Waals surface area (Å²) in [5, 5.41) is 0. The van der Waals surface area contributed by atoms with Crippen molar-refractivity contribution in [1.82, 2.24) is 4.57 Å². The topological polar surface area (TPSA) is 63.5 Å². The van der Waals surface area contributed by atoms with Crippen molar-refractivity contribution in [3.05, 3.63) is 40.3 Å². The van der Waals surface area contributed by atoms with E-state index in [9.17, 15) is 9.35 Å². The van der Waals surface area contributed by atoms with Crippen molar-refractivity contribution in [3.8, 4) is 22.6 Å². The van der Waals surface area contributed by atoms with Crippen LogP contribution in [0.15, 0.2) is 34.1 Å². The Morgan fingerprint density at radius 2 is 1.95 bits per heavy atom. The highest BCUT2D eigenvalue weighted by atomic mass is 32.2. The molecular weight excluding hydrogens is 302 g/mol. The summed E-state index contributed by atoms with van der Waals surface area (Å²) >= 11 is -1.13. The molecule has 3 rings (SSSR count). The Kier molecular flexibility index (Phi) is 3.88. The SMILES string of the molecule is Cc1cc(-c2cc([S+](C)[O-])cc3c2OCCO3)cn(C)c1=O. The van der Waals surface area contributed by atoms with Crippen LogP contribution in [-0.4, -0.2) is 28.6 Å². The van der Waals surface area contributed by atoms with E-state index in [1.165, 1.54) is 4.57 Å².